The second-order valence-corrected chi connectivity index (χ2v) is 12.9. The lowest BCUT2D eigenvalue weighted by atomic mass is 9.38. The molecule has 7 heteroatoms. The molecule has 0 radical (unpaired) electrons. The van der Waals surface area contributed by atoms with Gasteiger partial charge in [-0.25, -0.2) is 0 Å². The van der Waals surface area contributed by atoms with E-state index in [4.69, 9.17) is 0 Å². The third kappa shape index (κ3) is 3.27. The molecule has 1 fully saturated rings. The molecule has 1 saturated carbocycles. The number of aromatic hydroxyl groups is 1. The highest BCUT2D eigenvalue weighted by atomic mass is 16.3. The van der Waals surface area contributed by atoms with E-state index in [1.54, 1.807) is 26.8 Å². The highest BCUT2D eigenvalue weighted by molar-refractivity contribution is 6.24. The third-order valence-electron chi connectivity index (χ3n) is 10.8. The van der Waals surface area contributed by atoms with Crippen LogP contribution in [0.25, 0.3) is 16.9 Å². The molecular weight excluding hydrogens is 520 g/mol. The lowest BCUT2D eigenvalue weighted by Crippen LogP contribution is -2.72. The summed E-state index contributed by atoms with van der Waals surface area (Å²) in [6.07, 6.45) is 0. The molecule has 0 heterocycles. The first-order chi connectivity index (χ1) is 19.0. The third-order valence-corrected chi connectivity index (χ3v) is 10.8. The van der Waals surface area contributed by atoms with Crippen molar-refractivity contribution in [2.45, 2.75) is 66.9 Å². The Morgan fingerprint density at radius 3 is 2.07 bits per heavy atom. The Labute approximate surface area is 240 Å². The van der Waals surface area contributed by atoms with E-state index < -0.39 is 74.5 Å². The highest BCUT2D eigenvalue weighted by Gasteiger charge is 2.75. The number of aliphatic hydroxyl groups is 3. The van der Waals surface area contributed by atoms with Crippen LogP contribution in [0, 0.1) is 35.5 Å². The fourth-order valence-corrected chi connectivity index (χ4v) is 8.41. The van der Waals surface area contributed by atoms with Gasteiger partial charge in [-0.2, -0.15) is 0 Å². The van der Waals surface area contributed by atoms with E-state index in [9.17, 15) is 34.8 Å². The summed E-state index contributed by atoms with van der Waals surface area (Å²) in [6, 6.07) is 11.1. The summed E-state index contributed by atoms with van der Waals surface area (Å²) < 4.78 is 0. The molecule has 2 aromatic carbocycles. The van der Waals surface area contributed by atoms with Gasteiger partial charge >= 0.3 is 0 Å². The van der Waals surface area contributed by atoms with Gasteiger partial charge in [-0.1, -0.05) is 77.4 Å². The van der Waals surface area contributed by atoms with E-state index in [0.29, 0.717) is 5.56 Å². The van der Waals surface area contributed by atoms with Gasteiger partial charge in [0.05, 0.1) is 5.56 Å². The van der Waals surface area contributed by atoms with Gasteiger partial charge in [0.2, 0.25) is 5.78 Å². The van der Waals surface area contributed by atoms with Crippen LogP contribution in [0.4, 0.5) is 0 Å². The normalized spacial score (nSPS) is 33.1. The number of benzene rings is 2. The summed E-state index contributed by atoms with van der Waals surface area (Å²) in [4.78, 5) is 41.1. The molecule has 0 amide bonds. The molecular formula is C34H38O7. The number of phenols is 1. The average molecular weight is 559 g/mol. The molecule has 7 nitrogen and oxygen atoms in total. The van der Waals surface area contributed by atoms with Crippen LogP contribution in [0.1, 0.15) is 71.1 Å². The van der Waals surface area contributed by atoms with Crippen LogP contribution in [-0.4, -0.2) is 43.4 Å². The van der Waals surface area contributed by atoms with E-state index in [0.717, 1.165) is 23.6 Å². The largest absolute Gasteiger partial charge is 0.508 e. The Kier molecular flexibility index (Phi) is 6.25. The molecule has 6 atom stereocenters. The summed E-state index contributed by atoms with van der Waals surface area (Å²) in [6.45, 7) is 13.9. The molecule has 0 saturated heterocycles. The molecule has 4 N–H and O–H groups in total. The lowest BCUT2D eigenvalue weighted by Gasteiger charge is -2.64. The zero-order chi connectivity index (χ0) is 30.6. The van der Waals surface area contributed by atoms with Gasteiger partial charge in [-0.05, 0) is 54.4 Å². The van der Waals surface area contributed by atoms with Gasteiger partial charge in [0.15, 0.2) is 17.2 Å². The van der Waals surface area contributed by atoms with Crippen molar-refractivity contribution in [2.75, 3.05) is 0 Å². The van der Waals surface area contributed by atoms with Crippen LogP contribution in [0.3, 0.4) is 0 Å². The zero-order valence-corrected chi connectivity index (χ0v) is 24.8. The van der Waals surface area contributed by atoms with E-state index in [1.807, 2.05) is 52.0 Å². The van der Waals surface area contributed by atoms with Gasteiger partial charge in [0.25, 0.3) is 0 Å². The highest BCUT2D eigenvalue weighted by Crippen LogP contribution is 2.70. The summed E-state index contributed by atoms with van der Waals surface area (Å²) >= 11 is 0. The number of carbonyl (C=O) groups is 3. The minimum atomic E-state index is -2.65. The predicted molar refractivity (Wildman–Crippen MR) is 155 cm³/mol. The second-order valence-electron chi connectivity index (χ2n) is 12.9. The summed E-state index contributed by atoms with van der Waals surface area (Å²) in [5.74, 6) is -6.49. The van der Waals surface area contributed by atoms with E-state index in [1.165, 1.54) is 6.07 Å². The monoisotopic (exact) mass is 558 g/mol. The maximum absolute atomic E-state index is 14.6. The minimum Gasteiger partial charge on any atom is -0.508 e. The van der Waals surface area contributed by atoms with Gasteiger partial charge < -0.3 is 20.4 Å². The first-order valence-corrected chi connectivity index (χ1v) is 14.1. The Morgan fingerprint density at radius 1 is 0.951 bits per heavy atom. The van der Waals surface area contributed by atoms with Crippen LogP contribution in [0.5, 0.6) is 5.75 Å². The predicted octanol–water partition coefficient (Wildman–Crippen LogP) is 5.97. The number of Topliss-reactive ketones (excluding diaryl/α,β-unsaturated/α-hetero) is 3. The molecule has 0 aromatic heterocycles. The number of hydrogen-bond acceptors (Lipinski definition) is 7. The van der Waals surface area contributed by atoms with E-state index in [-0.39, 0.29) is 16.9 Å². The van der Waals surface area contributed by atoms with E-state index in [2.05, 4.69) is 0 Å². The van der Waals surface area contributed by atoms with Crippen molar-refractivity contribution in [3.63, 3.8) is 0 Å². The van der Waals surface area contributed by atoms with E-state index >= 15 is 0 Å². The first-order valence-electron chi connectivity index (χ1n) is 14.1. The molecule has 216 valence electrons. The molecule has 0 spiro atoms. The maximum Gasteiger partial charge on any atom is 0.203 e. The number of ketones is 3. The topological polar surface area (TPSA) is 132 Å². The fourth-order valence-electron chi connectivity index (χ4n) is 8.41. The average Bonchev–Trinajstić information content (AvgIpc) is 2.89. The van der Waals surface area contributed by atoms with Crippen LogP contribution in [0.15, 0.2) is 53.3 Å². The number of carbonyl (C=O) groups excluding carboxylic acids is 3. The first kappa shape index (κ1) is 28.8. The zero-order valence-electron chi connectivity index (χ0n) is 24.8. The summed E-state index contributed by atoms with van der Waals surface area (Å²) in [7, 11) is 0. The number of aryl methyl sites for hydroxylation is 1. The molecule has 3 aliphatic carbocycles. The molecule has 41 heavy (non-hydrogen) atoms. The van der Waals surface area contributed by atoms with Crippen molar-refractivity contribution in [2.24, 2.45) is 28.6 Å². The number of fused-ring (bicyclic) bond motifs is 3. The van der Waals surface area contributed by atoms with Crippen molar-refractivity contribution in [3.8, 4) is 16.9 Å². The van der Waals surface area contributed by atoms with Crippen LogP contribution in [0.2, 0.25) is 0 Å². The van der Waals surface area contributed by atoms with Gasteiger partial charge in [0, 0.05) is 22.3 Å². The molecule has 3 aliphatic rings. The molecule has 0 aliphatic heterocycles. The Balaban J connectivity index is 1.91. The molecule has 0 bridgehead atoms. The summed E-state index contributed by atoms with van der Waals surface area (Å²) in [5, 5.41) is 46.7. The van der Waals surface area contributed by atoms with Gasteiger partial charge in [0.1, 0.15) is 22.8 Å². The Morgan fingerprint density at radius 2 is 1.54 bits per heavy atom. The second kappa shape index (κ2) is 8.89. The Bertz CT molecular complexity index is 1590. The quantitative estimate of drug-likeness (QED) is 0.341. The minimum absolute atomic E-state index is 0.0957. The van der Waals surface area contributed by atoms with Crippen LogP contribution in [-0.2, 0) is 14.4 Å². The Hall–Kier alpha value is -3.71. The number of aliphatic hydroxyl groups excluding tert-OH is 2. The van der Waals surface area contributed by atoms with Crippen LogP contribution >= 0.6 is 0 Å². The van der Waals surface area contributed by atoms with Gasteiger partial charge in [-0.15, -0.1) is 0 Å². The van der Waals surface area contributed by atoms with Crippen molar-refractivity contribution in [3.05, 3.63) is 70.0 Å². The number of hydrogen-bond donors (Lipinski definition) is 4. The smallest absolute Gasteiger partial charge is 0.203 e. The van der Waals surface area contributed by atoms with Crippen molar-refractivity contribution >= 4 is 23.1 Å². The SMILES string of the molecule is CC(=O)C1=C(O)[C@]2(O)C(=O)C3=C(O)c4c(O)ccc(-c5ccc(C)cc5)c4[C@@H](C)[C@]3(C)[C@@H](C)[C@]2(C)C(C(C)C)C1=O. The number of allylic oxidation sites excluding steroid dienone is 1. The summed E-state index contributed by atoms with van der Waals surface area (Å²) in [5.41, 5.74) is -2.57. The number of rotatable bonds is 3. The van der Waals surface area contributed by atoms with Crippen molar-refractivity contribution in [1.29, 1.82) is 0 Å². The van der Waals surface area contributed by atoms with Crippen molar-refractivity contribution in [1.82, 2.24) is 0 Å². The lowest BCUT2D eigenvalue weighted by molar-refractivity contribution is -0.195. The van der Waals surface area contributed by atoms with Crippen LogP contribution < -0.4 is 0 Å². The molecule has 1 unspecified atom stereocenters. The van der Waals surface area contributed by atoms with Gasteiger partial charge in [-0.3, -0.25) is 14.4 Å². The maximum atomic E-state index is 14.6. The number of phenolic OH excluding ortho intramolecular Hbond substituents is 1. The van der Waals surface area contributed by atoms with Crippen molar-refractivity contribution < 1.29 is 34.8 Å². The fraction of sp³-hybridized carbons (Fsp3) is 0.441. The molecule has 2 aromatic rings. The standard InChI is InChI=1S/C34H38O7/c1-15(2)26-28(37)24(18(5)35)30(39)34(41)31(40)27-29(38)25-22(36)14-13-21(20-11-9-16(3)10-12-20)23(25)17(4)32(27,7)19(6)33(26,34)8/h9-15,17,19,26,36,38-39,41H,1-8H3/t17-,19-,26?,32-,33-,34+/m1/s1. The molecule has 5 rings (SSSR count).